The van der Waals surface area contributed by atoms with Gasteiger partial charge >= 0.3 is 10.3 Å². The third-order valence-electron chi connectivity index (χ3n) is 1.61. The van der Waals surface area contributed by atoms with E-state index in [0.717, 1.165) is 6.26 Å². The molecule has 1 aromatic carbocycles. The maximum Gasteiger partial charge on any atom is 0.350 e. The zero-order valence-electron chi connectivity index (χ0n) is 8.21. The van der Waals surface area contributed by atoms with Gasteiger partial charge in [0.1, 0.15) is 0 Å². The first kappa shape index (κ1) is 12.9. The van der Waals surface area contributed by atoms with Crippen LogP contribution in [0.3, 0.4) is 0 Å². The van der Waals surface area contributed by atoms with Crippen LogP contribution in [0, 0.1) is 0 Å². The molecule has 3 N–H and O–H groups in total. The number of anilines is 1. The van der Waals surface area contributed by atoms with Crippen molar-refractivity contribution in [3.05, 3.63) is 24.3 Å². The van der Waals surface area contributed by atoms with Crippen LogP contribution in [0.5, 0.6) is 0 Å². The quantitative estimate of drug-likeness (QED) is 0.514. The second-order valence-electron chi connectivity index (χ2n) is 3.00. The molecule has 0 aliphatic rings. The summed E-state index contributed by atoms with van der Waals surface area (Å²) < 4.78 is 51.2. The number of rotatable bonds is 4. The lowest BCUT2D eigenvalue weighted by Gasteiger charge is -2.05. The molecular formula is C7H10N2O5S2. The summed E-state index contributed by atoms with van der Waals surface area (Å²) >= 11 is 0. The number of nitrogens with one attached hydrogen (secondary N) is 2. The van der Waals surface area contributed by atoms with E-state index in [9.17, 15) is 16.8 Å². The van der Waals surface area contributed by atoms with Crippen molar-refractivity contribution in [1.82, 2.24) is 4.83 Å². The fourth-order valence-electron chi connectivity index (χ4n) is 0.909. The summed E-state index contributed by atoms with van der Waals surface area (Å²) in [5.41, 5.74) is 2.48. The van der Waals surface area contributed by atoms with Gasteiger partial charge in [0.2, 0.25) is 0 Å². The molecule has 0 aliphatic carbocycles. The van der Waals surface area contributed by atoms with E-state index in [2.05, 4.69) is 5.43 Å². The average molecular weight is 266 g/mol. The van der Waals surface area contributed by atoms with E-state index in [0.29, 0.717) is 5.69 Å². The topological polar surface area (TPSA) is 113 Å². The molecule has 0 saturated heterocycles. The van der Waals surface area contributed by atoms with Crippen LogP contribution in [-0.2, 0) is 20.1 Å². The highest BCUT2D eigenvalue weighted by Gasteiger charge is 2.06. The molecule has 90 valence electrons. The third kappa shape index (κ3) is 4.14. The average Bonchev–Trinajstić information content (AvgIpc) is 2.13. The van der Waals surface area contributed by atoms with Crippen LogP contribution in [0.1, 0.15) is 0 Å². The molecule has 0 spiro atoms. The predicted octanol–water partition coefficient (Wildman–Crippen LogP) is -0.191. The Morgan fingerprint density at radius 2 is 1.56 bits per heavy atom. The molecule has 0 fully saturated rings. The molecule has 7 nitrogen and oxygen atoms in total. The molecule has 0 radical (unpaired) electrons. The Morgan fingerprint density at radius 1 is 1.06 bits per heavy atom. The van der Waals surface area contributed by atoms with Crippen LogP contribution in [0.25, 0.3) is 0 Å². The van der Waals surface area contributed by atoms with Crippen molar-refractivity contribution in [3.63, 3.8) is 0 Å². The molecule has 1 rings (SSSR count). The van der Waals surface area contributed by atoms with Gasteiger partial charge in [0.15, 0.2) is 9.84 Å². The summed E-state index contributed by atoms with van der Waals surface area (Å²) in [4.78, 5) is 1.74. The molecule has 0 aromatic heterocycles. The van der Waals surface area contributed by atoms with Crippen molar-refractivity contribution in [2.45, 2.75) is 4.90 Å². The van der Waals surface area contributed by atoms with Gasteiger partial charge in [-0.05, 0) is 24.3 Å². The van der Waals surface area contributed by atoms with Gasteiger partial charge in [-0.2, -0.15) is 8.42 Å². The Labute approximate surface area is 93.3 Å². The maximum atomic E-state index is 11.1. The summed E-state index contributed by atoms with van der Waals surface area (Å²) in [7, 11) is -7.62. The Kier molecular flexibility index (Phi) is 3.53. The number of benzene rings is 1. The molecule has 0 heterocycles. The van der Waals surface area contributed by atoms with Crippen molar-refractivity contribution in [2.75, 3.05) is 11.7 Å². The summed E-state index contributed by atoms with van der Waals surface area (Å²) in [5.74, 6) is 0. The van der Waals surface area contributed by atoms with E-state index in [1.165, 1.54) is 24.3 Å². The first-order valence-corrected chi connectivity index (χ1v) is 7.32. The molecule has 0 aliphatic heterocycles. The molecule has 0 unspecified atom stereocenters. The van der Waals surface area contributed by atoms with Gasteiger partial charge in [0.05, 0.1) is 4.90 Å². The second-order valence-corrected chi connectivity index (χ2v) is 6.17. The van der Waals surface area contributed by atoms with Gasteiger partial charge in [-0.25, -0.2) is 8.42 Å². The lowest BCUT2D eigenvalue weighted by Crippen LogP contribution is -2.28. The smallest absolute Gasteiger partial charge is 0.306 e. The maximum absolute atomic E-state index is 11.1. The van der Waals surface area contributed by atoms with Crippen molar-refractivity contribution in [3.8, 4) is 0 Å². The first-order chi connectivity index (χ1) is 7.18. The van der Waals surface area contributed by atoms with Crippen LogP contribution in [0.15, 0.2) is 29.2 Å². The SMILES string of the molecule is CS(=O)(=O)c1ccc(NNS(=O)(=O)O)cc1. The van der Waals surface area contributed by atoms with Gasteiger partial charge < -0.3 is 5.43 Å². The van der Waals surface area contributed by atoms with Crippen LogP contribution in [-0.4, -0.2) is 27.6 Å². The Bertz CT molecular complexity index is 561. The zero-order valence-corrected chi connectivity index (χ0v) is 9.84. The van der Waals surface area contributed by atoms with Gasteiger partial charge in [-0.15, -0.1) is 4.83 Å². The highest BCUT2D eigenvalue weighted by Crippen LogP contribution is 2.12. The van der Waals surface area contributed by atoms with Crippen molar-refractivity contribution in [2.24, 2.45) is 0 Å². The molecule has 0 saturated carbocycles. The fourth-order valence-corrected chi connectivity index (χ4v) is 1.79. The van der Waals surface area contributed by atoms with Gasteiger partial charge in [0.25, 0.3) is 0 Å². The lowest BCUT2D eigenvalue weighted by molar-refractivity contribution is 0.473. The van der Waals surface area contributed by atoms with E-state index in [4.69, 9.17) is 4.55 Å². The summed E-state index contributed by atoms with van der Waals surface area (Å²) in [6, 6.07) is 5.33. The van der Waals surface area contributed by atoms with Crippen LogP contribution in [0.4, 0.5) is 5.69 Å². The minimum Gasteiger partial charge on any atom is -0.306 e. The third-order valence-corrected chi connectivity index (χ3v) is 3.10. The number of hydrogen-bond donors (Lipinski definition) is 3. The van der Waals surface area contributed by atoms with Gasteiger partial charge in [0, 0.05) is 11.9 Å². The molecule has 9 heteroatoms. The number of hydrogen-bond acceptors (Lipinski definition) is 5. The monoisotopic (exact) mass is 266 g/mol. The lowest BCUT2D eigenvalue weighted by atomic mass is 10.3. The molecule has 0 bridgehead atoms. The zero-order chi connectivity index (χ0) is 12.4. The summed E-state index contributed by atoms with van der Waals surface area (Å²) in [6.07, 6.45) is 1.06. The van der Waals surface area contributed by atoms with E-state index in [1.54, 1.807) is 4.83 Å². The summed E-state index contributed by atoms with van der Waals surface area (Å²) in [5, 5.41) is 0. The van der Waals surface area contributed by atoms with E-state index in [1.807, 2.05) is 0 Å². The second kappa shape index (κ2) is 4.37. The molecule has 1 aromatic rings. The van der Waals surface area contributed by atoms with Gasteiger partial charge in [-0.1, -0.05) is 0 Å². The van der Waals surface area contributed by atoms with Crippen molar-refractivity contribution >= 4 is 25.8 Å². The van der Waals surface area contributed by atoms with E-state index in [-0.39, 0.29) is 4.90 Å². The Morgan fingerprint density at radius 3 is 1.94 bits per heavy atom. The molecular weight excluding hydrogens is 256 g/mol. The summed E-state index contributed by atoms with van der Waals surface area (Å²) in [6.45, 7) is 0. The van der Waals surface area contributed by atoms with Crippen LogP contribution < -0.4 is 10.3 Å². The highest BCUT2D eigenvalue weighted by atomic mass is 32.2. The number of sulfone groups is 1. The normalized spacial score (nSPS) is 12.4. The highest BCUT2D eigenvalue weighted by molar-refractivity contribution is 7.90. The van der Waals surface area contributed by atoms with Crippen LogP contribution >= 0.6 is 0 Å². The fraction of sp³-hybridized carbons (Fsp3) is 0.143. The minimum absolute atomic E-state index is 0.116. The minimum atomic E-state index is -4.34. The Balaban J connectivity index is 2.81. The first-order valence-electron chi connectivity index (χ1n) is 3.99. The van der Waals surface area contributed by atoms with E-state index < -0.39 is 20.1 Å². The molecule has 0 amide bonds. The largest absolute Gasteiger partial charge is 0.350 e. The molecule has 0 atom stereocenters. The molecule has 16 heavy (non-hydrogen) atoms. The number of hydrazine groups is 1. The predicted molar refractivity (Wildman–Crippen MR) is 57.9 cm³/mol. The van der Waals surface area contributed by atoms with Crippen LogP contribution in [0.2, 0.25) is 0 Å². The van der Waals surface area contributed by atoms with Crippen molar-refractivity contribution in [1.29, 1.82) is 0 Å². The Hall–Kier alpha value is -1.16. The standard InChI is InChI=1S/C7H10N2O5S2/c1-15(10,11)7-4-2-6(3-5-7)8-9-16(12,13)14/h2-5,8-9H,1H3,(H,12,13,14). The van der Waals surface area contributed by atoms with E-state index >= 15 is 0 Å². The van der Waals surface area contributed by atoms with Gasteiger partial charge in [-0.3, -0.25) is 4.55 Å². The van der Waals surface area contributed by atoms with Crippen molar-refractivity contribution < 1.29 is 21.4 Å².